The lowest BCUT2D eigenvalue weighted by molar-refractivity contribution is 1.10. The summed E-state index contributed by atoms with van der Waals surface area (Å²) in [5.74, 6) is 0. The van der Waals surface area contributed by atoms with E-state index in [1.165, 1.54) is 0 Å². The van der Waals surface area contributed by atoms with E-state index in [9.17, 15) is 0 Å². The Balaban J connectivity index is 2.38. The van der Waals surface area contributed by atoms with Gasteiger partial charge in [-0.05, 0) is 24.3 Å². The van der Waals surface area contributed by atoms with Crippen molar-refractivity contribution in [1.29, 1.82) is 0 Å². The number of hydrogen-bond donors (Lipinski definition) is 0. The van der Waals surface area contributed by atoms with Gasteiger partial charge in [0.05, 0.1) is 18.1 Å². The number of hydrazone groups is 1. The minimum absolute atomic E-state index is 0.950. The number of anilines is 2. The Kier molecular flexibility index (Phi) is 2.79. The summed E-state index contributed by atoms with van der Waals surface area (Å²) < 4.78 is 0. The van der Waals surface area contributed by atoms with Gasteiger partial charge in [0.15, 0.2) is 0 Å². The van der Waals surface area contributed by atoms with Crippen molar-refractivity contribution in [3.63, 3.8) is 0 Å². The summed E-state index contributed by atoms with van der Waals surface area (Å²) in [4.78, 5) is 0. The van der Waals surface area contributed by atoms with Crippen molar-refractivity contribution in [1.82, 2.24) is 0 Å². The van der Waals surface area contributed by atoms with Crippen LogP contribution in [0.2, 0.25) is 0 Å². The molecule has 0 saturated heterocycles. The summed E-state index contributed by atoms with van der Waals surface area (Å²) in [6.45, 7) is 5.39. The van der Waals surface area contributed by atoms with Crippen molar-refractivity contribution in [2.45, 2.75) is 0 Å². The Morgan fingerprint density at radius 3 is 1.47 bits per heavy atom. The Hall–Kier alpha value is -2.09. The van der Waals surface area contributed by atoms with Gasteiger partial charge in [-0.1, -0.05) is 36.4 Å². The third kappa shape index (κ3) is 2.05. The molecule has 0 unspecified atom stereocenters. The molecular formula is C13H11N2. The van der Waals surface area contributed by atoms with Crippen LogP contribution >= 0.6 is 0 Å². The van der Waals surface area contributed by atoms with E-state index in [1.54, 1.807) is 5.01 Å². The van der Waals surface area contributed by atoms with Crippen molar-refractivity contribution in [2.24, 2.45) is 5.10 Å². The lowest BCUT2D eigenvalue weighted by Gasteiger charge is -2.17. The van der Waals surface area contributed by atoms with Crippen LogP contribution in [0.4, 0.5) is 11.4 Å². The van der Waals surface area contributed by atoms with Crippen LogP contribution in [0.3, 0.4) is 0 Å². The highest BCUT2D eigenvalue weighted by atomic mass is 15.4. The maximum Gasteiger partial charge on any atom is 0.0680 e. The van der Waals surface area contributed by atoms with Gasteiger partial charge >= 0.3 is 0 Å². The molecule has 0 amide bonds. The van der Waals surface area contributed by atoms with E-state index < -0.39 is 0 Å². The summed E-state index contributed by atoms with van der Waals surface area (Å²) in [7, 11) is 0. The van der Waals surface area contributed by atoms with Crippen LogP contribution in [0.15, 0.2) is 65.8 Å². The monoisotopic (exact) mass is 195 g/mol. The molecule has 2 aromatic rings. The third-order valence-electron chi connectivity index (χ3n) is 2.12. The quantitative estimate of drug-likeness (QED) is 0.542. The Labute approximate surface area is 89.5 Å². The topological polar surface area (TPSA) is 15.6 Å². The smallest absolute Gasteiger partial charge is 0.0680 e. The molecular weight excluding hydrogens is 184 g/mol. The van der Waals surface area contributed by atoms with E-state index >= 15 is 0 Å². The van der Waals surface area contributed by atoms with Crippen molar-refractivity contribution < 1.29 is 0 Å². The van der Waals surface area contributed by atoms with Crippen LogP contribution in [0.25, 0.3) is 0 Å². The second kappa shape index (κ2) is 4.42. The second-order valence-electron chi connectivity index (χ2n) is 3.10. The highest BCUT2D eigenvalue weighted by Gasteiger charge is 2.04. The SMILES string of the molecule is [CH]=NN(c1ccccc1)c1ccccc1. The number of rotatable bonds is 3. The molecule has 0 aliphatic rings. The van der Waals surface area contributed by atoms with Gasteiger partial charge in [0.2, 0.25) is 0 Å². The van der Waals surface area contributed by atoms with Crippen molar-refractivity contribution >= 4 is 18.1 Å². The van der Waals surface area contributed by atoms with E-state index in [-0.39, 0.29) is 0 Å². The van der Waals surface area contributed by atoms with Crippen molar-refractivity contribution in [2.75, 3.05) is 5.01 Å². The fraction of sp³-hybridized carbons (Fsp3) is 0. The molecule has 0 fully saturated rings. The van der Waals surface area contributed by atoms with Gasteiger partial charge in [0, 0.05) is 0 Å². The van der Waals surface area contributed by atoms with Crippen LogP contribution in [0.5, 0.6) is 0 Å². The van der Waals surface area contributed by atoms with Gasteiger partial charge in [0.1, 0.15) is 0 Å². The minimum atomic E-state index is 0.950. The van der Waals surface area contributed by atoms with E-state index in [0.29, 0.717) is 0 Å². The molecule has 0 bridgehead atoms. The largest absolute Gasteiger partial charge is 0.234 e. The molecule has 2 aromatic carbocycles. The maximum absolute atomic E-state index is 5.39. The van der Waals surface area contributed by atoms with Gasteiger partial charge in [-0.3, -0.25) is 0 Å². The van der Waals surface area contributed by atoms with Gasteiger partial charge in [-0.2, -0.15) is 5.10 Å². The Bertz CT molecular complexity index is 383. The average molecular weight is 195 g/mol. The highest BCUT2D eigenvalue weighted by molar-refractivity contribution is 5.63. The molecule has 0 atom stereocenters. The zero-order chi connectivity index (χ0) is 10.5. The van der Waals surface area contributed by atoms with E-state index in [1.807, 2.05) is 60.7 Å². The number of para-hydroxylation sites is 2. The summed E-state index contributed by atoms with van der Waals surface area (Å²) in [6, 6.07) is 19.6. The van der Waals surface area contributed by atoms with Crippen LogP contribution < -0.4 is 5.01 Å². The predicted molar refractivity (Wildman–Crippen MR) is 63.5 cm³/mol. The molecule has 1 radical (unpaired) electrons. The predicted octanol–water partition coefficient (Wildman–Crippen LogP) is 3.32. The molecule has 2 rings (SSSR count). The fourth-order valence-electron chi connectivity index (χ4n) is 1.42. The van der Waals surface area contributed by atoms with E-state index in [0.717, 1.165) is 11.4 Å². The summed E-state index contributed by atoms with van der Waals surface area (Å²) >= 11 is 0. The molecule has 73 valence electrons. The normalized spacial score (nSPS) is 9.60. The van der Waals surface area contributed by atoms with Gasteiger partial charge < -0.3 is 0 Å². The molecule has 0 spiro atoms. The average Bonchev–Trinajstić information content (AvgIpc) is 2.33. The molecule has 2 nitrogen and oxygen atoms in total. The molecule has 0 N–H and O–H groups in total. The maximum atomic E-state index is 5.39. The molecule has 0 saturated carbocycles. The summed E-state index contributed by atoms with van der Waals surface area (Å²) in [6.07, 6.45) is 0. The lowest BCUT2D eigenvalue weighted by Crippen LogP contribution is -2.07. The first-order chi connectivity index (χ1) is 7.42. The van der Waals surface area contributed by atoms with Crippen LogP contribution in [-0.2, 0) is 0 Å². The van der Waals surface area contributed by atoms with Crippen LogP contribution in [-0.4, -0.2) is 6.72 Å². The first kappa shape index (κ1) is 9.46. The van der Waals surface area contributed by atoms with Gasteiger partial charge in [-0.15, -0.1) is 0 Å². The molecule has 0 aliphatic heterocycles. The number of benzene rings is 2. The summed E-state index contributed by atoms with van der Waals surface area (Å²) in [5, 5.41) is 5.46. The number of nitrogens with zero attached hydrogens (tertiary/aromatic N) is 2. The third-order valence-corrected chi connectivity index (χ3v) is 2.12. The van der Waals surface area contributed by atoms with Gasteiger partial charge in [-0.25, -0.2) is 5.01 Å². The first-order valence-corrected chi connectivity index (χ1v) is 4.73. The Morgan fingerprint density at radius 1 is 0.733 bits per heavy atom. The fourth-order valence-corrected chi connectivity index (χ4v) is 1.42. The lowest BCUT2D eigenvalue weighted by atomic mass is 10.2. The summed E-state index contributed by atoms with van der Waals surface area (Å²) in [5.41, 5.74) is 1.90. The first-order valence-electron chi connectivity index (χ1n) is 4.73. The molecule has 0 aromatic heterocycles. The van der Waals surface area contributed by atoms with E-state index in [2.05, 4.69) is 5.10 Å². The van der Waals surface area contributed by atoms with E-state index in [4.69, 9.17) is 6.72 Å². The standard InChI is InChI=1S/C13H11N2/c1-14-15(12-8-4-2-5-9-12)13-10-6-3-7-11-13/h1-11H. The zero-order valence-corrected chi connectivity index (χ0v) is 8.25. The Morgan fingerprint density at radius 2 is 1.13 bits per heavy atom. The highest BCUT2D eigenvalue weighted by Crippen LogP contribution is 2.24. The molecule has 2 heteroatoms. The van der Waals surface area contributed by atoms with Crippen molar-refractivity contribution in [3.8, 4) is 0 Å². The number of hydrogen-bond acceptors (Lipinski definition) is 2. The van der Waals surface area contributed by atoms with Crippen molar-refractivity contribution in [3.05, 3.63) is 60.7 Å². The molecule has 0 aliphatic carbocycles. The van der Waals surface area contributed by atoms with Gasteiger partial charge in [0.25, 0.3) is 0 Å². The van der Waals surface area contributed by atoms with Crippen LogP contribution in [0.1, 0.15) is 0 Å². The minimum Gasteiger partial charge on any atom is -0.234 e. The second-order valence-corrected chi connectivity index (χ2v) is 3.10. The zero-order valence-electron chi connectivity index (χ0n) is 8.25. The molecule has 0 heterocycles. The molecule has 15 heavy (non-hydrogen) atoms. The van der Waals surface area contributed by atoms with Crippen LogP contribution in [0, 0.1) is 0 Å².